The molecular weight excluding hydrogens is 414 g/mol. The molecule has 2 aromatic heterocycles. The number of rotatable bonds is 5. The Balaban J connectivity index is 1.37. The maximum atomic E-state index is 12.8. The van der Waals surface area contributed by atoms with Crippen molar-refractivity contribution in [2.24, 2.45) is 5.41 Å². The predicted molar refractivity (Wildman–Crippen MR) is 118 cm³/mol. The zero-order chi connectivity index (χ0) is 22.2. The van der Waals surface area contributed by atoms with E-state index in [9.17, 15) is 19.8 Å². The minimum Gasteiger partial charge on any atom is -0.506 e. The number of thiophene rings is 1. The number of hydrogen-bond acceptors (Lipinski definition) is 7. The van der Waals surface area contributed by atoms with E-state index in [0.717, 1.165) is 51.0 Å². The summed E-state index contributed by atoms with van der Waals surface area (Å²) in [6.07, 6.45) is 4.62. The van der Waals surface area contributed by atoms with Gasteiger partial charge in [-0.15, -0.1) is 11.3 Å². The second-order valence-corrected chi connectivity index (χ2v) is 9.91. The first-order valence-corrected chi connectivity index (χ1v) is 11.5. The van der Waals surface area contributed by atoms with E-state index in [1.54, 1.807) is 25.3 Å². The van der Waals surface area contributed by atoms with Crippen molar-refractivity contribution in [3.05, 3.63) is 44.9 Å². The summed E-state index contributed by atoms with van der Waals surface area (Å²) >= 11 is 1.28. The van der Waals surface area contributed by atoms with Gasteiger partial charge < -0.3 is 15.1 Å². The maximum absolute atomic E-state index is 12.8. The summed E-state index contributed by atoms with van der Waals surface area (Å²) in [6.45, 7) is 7.06. The van der Waals surface area contributed by atoms with Gasteiger partial charge in [-0.3, -0.25) is 19.5 Å². The van der Waals surface area contributed by atoms with E-state index in [-0.39, 0.29) is 29.5 Å². The lowest BCUT2D eigenvalue weighted by Crippen LogP contribution is -2.44. The van der Waals surface area contributed by atoms with Gasteiger partial charge in [0.1, 0.15) is 5.75 Å². The van der Waals surface area contributed by atoms with Crippen molar-refractivity contribution in [2.45, 2.75) is 46.3 Å². The van der Waals surface area contributed by atoms with Gasteiger partial charge in [-0.1, -0.05) is 0 Å². The Hall–Kier alpha value is -2.29. The first-order valence-electron chi connectivity index (χ1n) is 10.7. The van der Waals surface area contributed by atoms with Crippen LogP contribution >= 0.6 is 11.3 Å². The van der Waals surface area contributed by atoms with Crippen molar-refractivity contribution >= 4 is 23.0 Å². The lowest BCUT2D eigenvalue weighted by atomic mass is 9.77. The second kappa shape index (κ2) is 8.68. The number of piperidine rings is 1. The van der Waals surface area contributed by atoms with Crippen molar-refractivity contribution in [3.63, 3.8) is 0 Å². The van der Waals surface area contributed by atoms with E-state index in [0.29, 0.717) is 27.6 Å². The normalized spacial score (nSPS) is 18.6. The number of aliphatic hydroxyl groups is 1. The highest BCUT2D eigenvalue weighted by Crippen LogP contribution is 2.42. The van der Waals surface area contributed by atoms with Crippen LogP contribution < -0.4 is 0 Å². The van der Waals surface area contributed by atoms with Crippen molar-refractivity contribution in [1.82, 2.24) is 14.8 Å². The van der Waals surface area contributed by atoms with Crippen molar-refractivity contribution in [3.8, 4) is 5.75 Å². The number of carbonyl (C=O) groups excluding carboxylic acids is 2. The fourth-order valence-corrected chi connectivity index (χ4v) is 5.64. The van der Waals surface area contributed by atoms with Gasteiger partial charge in [0.15, 0.2) is 5.78 Å². The Bertz CT molecular complexity index is 995. The molecule has 1 spiro atoms. The van der Waals surface area contributed by atoms with Crippen molar-refractivity contribution < 1.29 is 19.8 Å². The highest BCUT2D eigenvalue weighted by Gasteiger charge is 2.41. The Morgan fingerprint density at radius 1 is 1.16 bits per heavy atom. The van der Waals surface area contributed by atoms with Gasteiger partial charge in [-0.05, 0) is 57.2 Å². The molecule has 0 aliphatic carbocycles. The van der Waals surface area contributed by atoms with E-state index in [2.05, 4.69) is 9.88 Å². The number of nitrogens with zero attached hydrogens (tertiary/aromatic N) is 3. The standard InChI is InChI=1S/C23H29N3O4S/c1-15-21(29)18(17(13-27)11-24-15)12-25-8-5-23(14-25)6-9-26(10-7-23)22(30)20-4-3-19(31-20)16(2)28/h3-4,11,27,29H,5-10,12-14H2,1-2H3. The molecule has 31 heavy (non-hydrogen) atoms. The first-order chi connectivity index (χ1) is 14.8. The molecular formula is C23H29N3O4S. The van der Waals surface area contributed by atoms with Gasteiger partial charge in [0.05, 0.1) is 22.1 Å². The van der Waals surface area contributed by atoms with E-state index in [1.165, 1.54) is 18.3 Å². The molecule has 4 rings (SSSR count). The molecule has 2 aliphatic heterocycles. The van der Waals surface area contributed by atoms with Crippen molar-refractivity contribution in [2.75, 3.05) is 26.2 Å². The molecule has 7 nitrogen and oxygen atoms in total. The third-order valence-electron chi connectivity index (χ3n) is 6.77. The molecule has 2 fully saturated rings. The van der Waals surface area contributed by atoms with Gasteiger partial charge in [0, 0.05) is 43.5 Å². The minimum absolute atomic E-state index is 0.00697. The number of hydrogen-bond donors (Lipinski definition) is 2. The summed E-state index contributed by atoms with van der Waals surface area (Å²) < 4.78 is 0. The number of pyridine rings is 1. The van der Waals surface area contributed by atoms with Crippen LogP contribution in [0.1, 0.15) is 62.4 Å². The van der Waals surface area contributed by atoms with Crippen LogP contribution in [0.15, 0.2) is 18.3 Å². The molecule has 4 heterocycles. The van der Waals surface area contributed by atoms with Crippen LogP contribution in [-0.4, -0.2) is 62.9 Å². The highest BCUT2D eigenvalue weighted by atomic mass is 32.1. The van der Waals surface area contributed by atoms with Gasteiger partial charge in [-0.25, -0.2) is 0 Å². The number of carbonyl (C=O) groups is 2. The highest BCUT2D eigenvalue weighted by molar-refractivity contribution is 7.15. The minimum atomic E-state index is -0.139. The largest absolute Gasteiger partial charge is 0.506 e. The fraction of sp³-hybridized carbons (Fsp3) is 0.522. The molecule has 8 heteroatoms. The molecule has 1 amide bonds. The van der Waals surface area contributed by atoms with Crippen LogP contribution in [0.5, 0.6) is 5.75 Å². The monoisotopic (exact) mass is 443 g/mol. The Labute approximate surface area is 186 Å². The average molecular weight is 444 g/mol. The Kier molecular flexibility index (Phi) is 6.14. The zero-order valence-corrected chi connectivity index (χ0v) is 18.9. The van der Waals surface area contributed by atoms with Crippen LogP contribution in [0.25, 0.3) is 0 Å². The van der Waals surface area contributed by atoms with Crippen LogP contribution in [0.2, 0.25) is 0 Å². The third-order valence-corrected chi connectivity index (χ3v) is 7.95. The molecule has 0 radical (unpaired) electrons. The quantitative estimate of drug-likeness (QED) is 0.690. The lowest BCUT2D eigenvalue weighted by Gasteiger charge is -2.39. The summed E-state index contributed by atoms with van der Waals surface area (Å²) in [6, 6.07) is 3.49. The van der Waals surface area contributed by atoms with Crippen LogP contribution in [-0.2, 0) is 13.2 Å². The van der Waals surface area contributed by atoms with E-state index in [4.69, 9.17) is 0 Å². The predicted octanol–water partition coefficient (Wildman–Crippen LogP) is 2.98. The number of likely N-dealkylation sites (tertiary alicyclic amines) is 2. The molecule has 166 valence electrons. The van der Waals surface area contributed by atoms with Crippen LogP contribution in [0.3, 0.4) is 0 Å². The number of Topliss-reactive ketones (excluding diaryl/α,β-unsaturated/α-hetero) is 1. The molecule has 0 bridgehead atoms. The van der Waals surface area contributed by atoms with E-state index >= 15 is 0 Å². The second-order valence-electron chi connectivity index (χ2n) is 8.83. The summed E-state index contributed by atoms with van der Waals surface area (Å²) in [7, 11) is 0. The fourth-order valence-electron chi connectivity index (χ4n) is 4.77. The van der Waals surface area contributed by atoms with Gasteiger partial charge in [-0.2, -0.15) is 0 Å². The molecule has 2 aliphatic rings. The van der Waals surface area contributed by atoms with Crippen LogP contribution in [0.4, 0.5) is 0 Å². The first kappa shape index (κ1) is 21.9. The summed E-state index contributed by atoms with van der Waals surface area (Å²) in [5.74, 6) is 0.188. The SMILES string of the molecule is CC(=O)c1ccc(C(=O)N2CCC3(CCN(Cc4c(CO)cnc(C)c4O)C3)CC2)s1. The third kappa shape index (κ3) is 4.37. The van der Waals surface area contributed by atoms with E-state index < -0.39 is 0 Å². The molecule has 2 saturated heterocycles. The molecule has 2 aromatic rings. The van der Waals surface area contributed by atoms with E-state index in [1.807, 2.05) is 4.90 Å². The van der Waals surface area contributed by atoms with Gasteiger partial charge >= 0.3 is 0 Å². The molecule has 0 aromatic carbocycles. The molecule has 2 N–H and O–H groups in total. The Morgan fingerprint density at radius 3 is 2.48 bits per heavy atom. The smallest absolute Gasteiger partial charge is 0.263 e. The van der Waals surface area contributed by atoms with Gasteiger partial charge in [0.2, 0.25) is 0 Å². The lowest BCUT2D eigenvalue weighted by molar-refractivity contribution is 0.0592. The summed E-state index contributed by atoms with van der Waals surface area (Å²) in [5, 5.41) is 20.1. The number of amides is 1. The topological polar surface area (TPSA) is 94.0 Å². The van der Waals surface area contributed by atoms with Crippen LogP contribution in [0, 0.1) is 12.3 Å². The number of aryl methyl sites for hydroxylation is 1. The maximum Gasteiger partial charge on any atom is 0.263 e. The summed E-state index contributed by atoms with van der Waals surface area (Å²) in [5.41, 5.74) is 2.20. The van der Waals surface area contributed by atoms with Gasteiger partial charge in [0.25, 0.3) is 5.91 Å². The molecule has 0 atom stereocenters. The number of aromatic nitrogens is 1. The van der Waals surface area contributed by atoms with Crippen molar-refractivity contribution in [1.29, 1.82) is 0 Å². The summed E-state index contributed by atoms with van der Waals surface area (Å²) in [4.78, 5) is 34.0. The Morgan fingerprint density at radius 2 is 1.84 bits per heavy atom. The molecule has 0 unspecified atom stereocenters. The average Bonchev–Trinajstić information content (AvgIpc) is 3.40. The zero-order valence-electron chi connectivity index (χ0n) is 18.1. The number of aromatic hydroxyl groups is 1. The number of aliphatic hydroxyl groups excluding tert-OH is 1. The molecule has 0 saturated carbocycles. The number of ketones is 1.